The van der Waals surface area contributed by atoms with Gasteiger partial charge in [0.15, 0.2) is 0 Å². The number of fused-ring (bicyclic) bond motifs is 6. The zero-order valence-electron chi connectivity index (χ0n) is 12.9. The van der Waals surface area contributed by atoms with Crippen molar-refractivity contribution in [2.24, 2.45) is 5.92 Å². The van der Waals surface area contributed by atoms with Crippen LogP contribution in [0.25, 0.3) is 0 Å². The van der Waals surface area contributed by atoms with Crippen LogP contribution >= 0.6 is 0 Å². The Balaban J connectivity index is 1.88. The highest BCUT2D eigenvalue weighted by atomic mass is 15.2. The van der Waals surface area contributed by atoms with Gasteiger partial charge in [-0.15, -0.1) is 0 Å². The zero-order chi connectivity index (χ0) is 14.4. The number of rotatable bonds is 2. The van der Waals surface area contributed by atoms with E-state index in [2.05, 4.69) is 67.3 Å². The molecule has 1 heteroatoms. The molecule has 4 rings (SSSR count). The maximum atomic E-state index is 2.70. The summed E-state index contributed by atoms with van der Waals surface area (Å²) in [5.41, 5.74) is 6.17. The summed E-state index contributed by atoms with van der Waals surface area (Å²) in [6, 6.07) is 18.8. The molecule has 2 bridgehead atoms. The molecule has 108 valence electrons. The van der Waals surface area contributed by atoms with E-state index >= 15 is 0 Å². The summed E-state index contributed by atoms with van der Waals surface area (Å²) in [5, 5.41) is 0. The van der Waals surface area contributed by atoms with Gasteiger partial charge in [-0.3, -0.25) is 4.90 Å². The van der Waals surface area contributed by atoms with E-state index in [9.17, 15) is 0 Å². The van der Waals surface area contributed by atoms with E-state index in [-0.39, 0.29) is 0 Å². The molecule has 2 aliphatic heterocycles. The molecule has 0 radical (unpaired) electrons. The molecule has 0 aromatic heterocycles. The Hall–Kier alpha value is -1.60. The fourth-order valence-electron chi connectivity index (χ4n) is 4.25. The maximum absolute atomic E-state index is 2.70. The lowest BCUT2D eigenvalue weighted by molar-refractivity contribution is 0.113. The van der Waals surface area contributed by atoms with E-state index in [0.29, 0.717) is 12.0 Å². The summed E-state index contributed by atoms with van der Waals surface area (Å²) in [6.07, 6.45) is 1.29. The van der Waals surface area contributed by atoms with E-state index in [0.717, 1.165) is 19.0 Å². The van der Waals surface area contributed by atoms with Crippen molar-refractivity contribution < 1.29 is 0 Å². The van der Waals surface area contributed by atoms with Crippen LogP contribution < -0.4 is 0 Å². The van der Waals surface area contributed by atoms with Crippen LogP contribution in [0.1, 0.15) is 48.4 Å². The van der Waals surface area contributed by atoms with Gasteiger partial charge in [0.05, 0.1) is 0 Å². The Morgan fingerprint density at radius 2 is 1.43 bits per heavy atom. The third-order valence-corrected chi connectivity index (χ3v) is 5.09. The summed E-state index contributed by atoms with van der Waals surface area (Å²) in [5.74, 6) is 1.30. The number of hydrogen-bond acceptors (Lipinski definition) is 1. The molecule has 0 fully saturated rings. The van der Waals surface area contributed by atoms with E-state index in [4.69, 9.17) is 0 Å². The lowest BCUT2D eigenvalue weighted by Crippen LogP contribution is -2.47. The van der Waals surface area contributed by atoms with Crippen molar-refractivity contribution in [1.29, 1.82) is 0 Å². The molecule has 0 unspecified atom stereocenters. The van der Waals surface area contributed by atoms with Gasteiger partial charge < -0.3 is 0 Å². The molecule has 2 aromatic rings. The van der Waals surface area contributed by atoms with E-state index in [1.807, 2.05) is 0 Å². The standard InChI is InChI=1S/C20H23N/c1-14(2)11-19-20-17-9-5-3-7-15(17)12-21(19)13-16-8-4-6-10-18(16)20/h3-10,14,19-20H,11-13H2,1-2H3/t19-/m0/s1. The molecule has 2 aromatic carbocycles. The third-order valence-electron chi connectivity index (χ3n) is 5.09. The first-order chi connectivity index (χ1) is 10.2. The maximum Gasteiger partial charge on any atom is 0.0252 e. The van der Waals surface area contributed by atoms with Crippen molar-refractivity contribution in [2.45, 2.75) is 45.3 Å². The van der Waals surface area contributed by atoms with Crippen LogP contribution in [0.5, 0.6) is 0 Å². The highest BCUT2D eigenvalue weighted by molar-refractivity contribution is 5.47. The molecule has 0 aliphatic carbocycles. The Labute approximate surface area is 127 Å². The highest BCUT2D eigenvalue weighted by Gasteiger charge is 2.40. The smallest absolute Gasteiger partial charge is 0.0252 e. The van der Waals surface area contributed by atoms with E-state index in [1.54, 1.807) is 11.1 Å². The fraction of sp³-hybridized carbons (Fsp3) is 0.400. The lowest BCUT2D eigenvalue weighted by Gasteiger charge is -2.48. The molecule has 0 saturated carbocycles. The minimum Gasteiger partial charge on any atom is -0.291 e. The summed E-state index contributed by atoms with van der Waals surface area (Å²) in [7, 11) is 0. The first-order valence-electron chi connectivity index (χ1n) is 8.13. The second-order valence-corrected chi connectivity index (χ2v) is 6.98. The third kappa shape index (κ3) is 2.11. The molecule has 1 atom stereocenters. The molecule has 0 amide bonds. The summed E-state index contributed by atoms with van der Waals surface area (Å²) in [6.45, 7) is 6.92. The van der Waals surface area contributed by atoms with Crippen LogP contribution in [0.2, 0.25) is 0 Å². The lowest BCUT2D eigenvalue weighted by atomic mass is 9.72. The van der Waals surface area contributed by atoms with Crippen LogP contribution in [0.15, 0.2) is 48.5 Å². The largest absolute Gasteiger partial charge is 0.291 e. The SMILES string of the molecule is CC(C)C[C@H]1C2c3ccccc3CN1Cc1ccccc12. The molecular weight excluding hydrogens is 254 g/mol. The normalized spacial score (nSPS) is 26.3. The summed E-state index contributed by atoms with van der Waals surface area (Å²) < 4.78 is 0. The van der Waals surface area contributed by atoms with Crippen LogP contribution in [0.4, 0.5) is 0 Å². The predicted octanol–water partition coefficient (Wildman–Crippen LogP) is 4.56. The van der Waals surface area contributed by atoms with Gasteiger partial charge >= 0.3 is 0 Å². The topological polar surface area (TPSA) is 3.24 Å². The van der Waals surface area contributed by atoms with E-state index < -0.39 is 0 Å². The summed E-state index contributed by atoms with van der Waals surface area (Å²) >= 11 is 0. The Bertz CT molecular complexity index is 609. The Morgan fingerprint density at radius 3 is 1.95 bits per heavy atom. The Kier molecular flexibility index (Phi) is 3.11. The van der Waals surface area contributed by atoms with Gasteiger partial charge in [0.25, 0.3) is 0 Å². The fourth-order valence-corrected chi connectivity index (χ4v) is 4.25. The van der Waals surface area contributed by atoms with Gasteiger partial charge in [-0.1, -0.05) is 62.4 Å². The van der Waals surface area contributed by atoms with Crippen molar-refractivity contribution in [3.63, 3.8) is 0 Å². The first-order valence-corrected chi connectivity index (χ1v) is 8.13. The van der Waals surface area contributed by atoms with Gasteiger partial charge in [0, 0.05) is 25.0 Å². The number of benzene rings is 2. The van der Waals surface area contributed by atoms with Crippen molar-refractivity contribution in [3.8, 4) is 0 Å². The average Bonchev–Trinajstić information content (AvgIpc) is 2.47. The molecule has 21 heavy (non-hydrogen) atoms. The minimum absolute atomic E-state index is 0.558. The molecule has 2 aliphatic rings. The second-order valence-electron chi connectivity index (χ2n) is 6.98. The van der Waals surface area contributed by atoms with Crippen molar-refractivity contribution in [3.05, 3.63) is 70.8 Å². The highest BCUT2D eigenvalue weighted by Crippen LogP contribution is 2.45. The second kappa shape index (κ2) is 4.99. The minimum atomic E-state index is 0.558. The summed E-state index contributed by atoms with van der Waals surface area (Å²) in [4.78, 5) is 2.70. The van der Waals surface area contributed by atoms with Crippen LogP contribution in [0, 0.1) is 5.92 Å². The quantitative estimate of drug-likeness (QED) is 0.777. The van der Waals surface area contributed by atoms with Gasteiger partial charge in [0.1, 0.15) is 0 Å². The molecule has 0 N–H and O–H groups in total. The van der Waals surface area contributed by atoms with Crippen molar-refractivity contribution in [1.82, 2.24) is 4.90 Å². The van der Waals surface area contributed by atoms with Gasteiger partial charge in [-0.2, -0.15) is 0 Å². The van der Waals surface area contributed by atoms with Crippen LogP contribution in [0.3, 0.4) is 0 Å². The average molecular weight is 277 g/mol. The molecular formula is C20H23N. The Morgan fingerprint density at radius 1 is 0.905 bits per heavy atom. The number of hydrogen-bond donors (Lipinski definition) is 0. The van der Waals surface area contributed by atoms with Gasteiger partial charge in [0.2, 0.25) is 0 Å². The molecule has 1 nitrogen and oxygen atoms in total. The predicted molar refractivity (Wildman–Crippen MR) is 87.2 cm³/mol. The molecule has 0 saturated heterocycles. The van der Waals surface area contributed by atoms with Crippen LogP contribution in [-0.4, -0.2) is 10.9 Å². The van der Waals surface area contributed by atoms with Gasteiger partial charge in [-0.05, 0) is 34.6 Å². The monoisotopic (exact) mass is 277 g/mol. The molecule has 0 spiro atoms. The van der Waals surface area contributed by atoms with E-state index in [1.165, 1.54) is 17.5 Å². The van der Waals surface area contributed by atoms with Crippen molar-refractivity contribution in [2.75, 3.05) is 0 Å². The molecule has 2 heterocycles. The van der Waals surface area contributed by atoms with Crippen LogP contribution in [-0.2, 0) is 13.1 Å². The first kappa shape index (κ1) is 13.1. The number of nitrogens with zero attached hydrogens (tertiary/aromatic N) is 1. The van der Waals surface area contributed by atoms with Crippen molar-refractivity contribution >= 4 is 0 Å². The van der Waals surface area contributed by atoms with Gasteiger partial charge in [-0.25, -0.2) is 0 Å². The zero-order valence-corrected chi connectivity index (χ0v) is 12.9.